The highest BCUT2D eigenvalue weighted by Crippen LogP contribution is 2.37. The van der Waals surface area contributed by atoms with Gasteiger partial charge in [0.05, 0.1) is 22.5 Å². The van der Waals surface area contributed by atoms with Crippen molar-refractivity contribution in [2.75, 3.05) is 12.3 Å². The fourth-order valence-electron chi connectivity index (χ4n) is 4.02. The number of hydrogen-bond donors (Lipinski definition) is 1. The van der Waals surface area contributed by atoms with Crippen LogP contribution in [-0.2, 0) is 18.9 Å². The van der Waals surface area contributed by atoms with E-state index in [2.05, 4.69) is 5.32 Å². The van der Waals surface area contributed by atoms with Gasteiger partial charge < -0.3 is 9.88 Å². The molecule has 0 aliphatic rings. The van der Waals surface area contributed by atoms with E-state index in [-0.39, 0.29) is 18.4 Å². The Morgan fingerprint density at radius 1 is 0.846 bits per heavy atom. The maximum atomic E-state index is 13.1. The van der Waals surface area contributed by atoms with E-state index >= 15 is 0 Å². The normalized spacial score (nSPS) is 12.0. The minimum atomic E-state index is -5.03. The molecule has 4 aromatic rings. The van der Waals surface area contributed by atoms with Gasteiger partial charge in [-0.1, -0.05) is 72.4 Å². The lowest BCUT2D eigenvalue weighted by molar-refractivity contribution is -0.143. The van der Waals surface area contributed by atoms with E-state index in [0.717, 1.165) is 22.5 Å². The van der Waals surface area contributed by atoms with Crippen LogP contribution in [0.1, 0.15) is 28.4 Å². The minimum Gasteiger partial charge on any atom is -0.351 e. The summed E-state index contributed by atoms with van der Waals surface area (Å²) in [4.78, 5) is 17.3. The van der Waals surface area contributed by atoms with Crippen molar-refractivity contribution >= 4 is 17.7 Å². The van der Waals surface area contributed by atoms with Crippen LogP contribution in [0.25, 0.3) is 22.5 Å². The van der Waals surface area contributed by atoms with Gasteiger partial charge in [-0.15, -0.1) is 0 Å². The zero-order valence-corrected chi connectivity index (χ0v) is 21.4. The number of halogens is 6. The Kier molecular flexibility index (Phi) is 8.39. The van der Waals surface area contributed by atoms with Crippen molar-refractivity contribution in [3.05, 3.63) is 95.6 Å². The zero-order chi connectivity index (χ0) is 28.2. The number of thioether (sulfide) groups is 1. The van der Waals surface area contributed by atoms with Crippen LogP contribution in [0.15, 0.2) is 84.0 Å². The van der Waals surface area contributed by atoms with Crippen LogP contribution in [0.4, 0.5) is 26.3 Å². The lowest BCUT2D eigenvalue weighted by atomic mass is 10.0. The molecule has 11 heteroatoms. The summed E-state index contributed by atoms with van der Waals surface area (Å²) in [5.41, 5.74) is -0.208. The topological polar surface area (TPSA) is 46.9 Å². The average molecular weight is 564 g/mol. The summed E-state index contributed by atoms with van der Waals surface area (Å²) >= 11 is 1.33. The molecule has 0 aliphatic heterocycles. The third kappa shape index (κ3) is 6.65. The van der Waals surface area contributed by atoms with Gasteiger partial charge in [0.15, 0.2) is 5.16 Å². The number of amides is 1. The molecule has 0 atom stereocenters. The van der Waals surface area contributed by atoms with E-state index in [1.165, 1.54) is 11.8 Å². The van der Waals surface area contributed by atoms with Gasteiger partial charge in [-0.3, -0.25) is 4.79 Å². The first-order valence-electron chi connectivity index (χ1n) is 11.9. The zero-order valence-electron chi connectivity index (χ0n) is 20.6. The first-order valence-corrected chi connectivity index (χ1v) is 12.9. The summed E-state index contributed by atoms with van der Waals surface area (Å²) < 4.78 is 80.8. The van der Waals surface area contributed by atoms with E-state index in [0.29, 0.717) is 23.8 Å². The predicted octanol–water partition coefficient (Wildman–Crippen LogP) is 7.80. The lowest BCUT2D eigenvalue weighted by Crippen LogP contribution is -2.27. The molecule has 0 aliphatic carbocycles. The van der Waals surface area contributed by atoms with E-state index < -0.39 is 35.0 Å². The molecule has 1 amide bonds. The van der Waals surface area contributed by atoms with Crippen molar-refractivity contribution in [2.45, 2.75) is 31.0 Å². The van der Waals surface area contributed by atoms with Crippen LogP contribution in [0, 0.1) is 0 Å². The van der Waals surface area contributed by atoms with Gasteiger partial charge in [-0.2, -0.15) is 26.3 Å². The Bertz CT molecular complexity index is 1400. The van der Waals surface area contributed by atoms with Gasteiger partial charge >= 0.3 is 12.4 Å². The SMILES string of the molecule is CCn1c(SCCNC(=O)c2cc(C(F)(F)F)cc(C(F)(F)F)c2)nc(-c2ccccc2)c1-c1ccccc1. The number of aromatic nitrogens is 2. The first-order chi connectivity index (χ1) is 18.5. The number of hydrogen-bond acceptors (Lipinski definition) is 3. The number of rotatable bonds is 8. The molecule has 1 N–H and O–H groups in total. The fourth-order valence-corrected chi connectivity index (χ4v) is 4.94. The number of nitrogens with one attached hydrogen (secondary N) is 1. The van der Waals surface area contributed by atoms with Crippen molar-refractivity contribution < 1.29 is 31.1 Å². The second kappa shape index (κ2) is 11.6. The molecule has 0 bridgehead atoms. The Balaban J connectivity index is 1.53. The summed E-state index contributed by atoms with van der Waals surface area (Å²) in [6.07, 6.45) is -10.1. The maximum Gasteiger partial charge on any atom is 0.416 e. The molecule has 0 spiro atoms. The highest BCUT2D eigenvalue weighted by atomic mass is 32.2. The maximum absolute atomic E-state index is 13.1. The van der Waals surface area contributed by atoms with Crippen LogP contribution in [0.2, 0.25) is 0 Å². The lowest BCUT2D eigenvalue weighted by Gasteiger charge is -2.14. The summed E-state index contributed by atoms with van der Waals surface area (Å²) in [6.45, 7) is 2.57. The quantitative estimate of drug-likeness (QED) is 0.135. The van der Waals surface area contributed by atoms with Crippen LogP contribution >= 0.6 is 11.8 Å². The first kappa shape index (κ1) is 28.3. The van der Waals surface area contributed by atoms with Gasteiger partial charge in [0.25, 0.3) is 5.91 Å². The van der Waals surface area contributed by atoms with E-state index in [4.69, 9.17) is 4.98 Å². The van der Waals surface area contributed by atoms with Crippen LogP contribution in [0.5, 0.6) is 0 Å². The molecular weight excluding hydrogens is 540 g/mol. The number of imidazole rings is 1. The van der Waals surface area contributed by atoms with Crippen molar-refractivity contribution in [1.82, 2.24) is 14.9 Å². The molecule has 4 rings (SSSR count). The Labute approximate surface area is 225 Å². The van der Waals surface area contributed by atoms with Crippen molar-refractivity contribution in [1.29, 1.82) is 0 Å². The van der Waals surface area contributed by atoms with Gasteiger partial charge in [0.1, 0.15) is 0 Å². The molecule has 1 heterocycles. The van der Waals surface area contributed by atoms with Gasteiger partial charge in [-0.25, -0.2) is 4.98 Å². The molecule has 0 fully saturated rings. The number of carbonyl (C=O) groups is 1. The Morgan fingerprint density at radius 2 is 1.38 bits per heavy atom. The molecule has 0 radical (unpaired) electrons. The van der Waals surface area contributed by atoms with Crippen LogP contribution < -0.4 is 5.32 Å². The van der Waals surface area contributed by atoms with E-state index in [9.17, 15) is 31.1 Å². The van der Waals surface area contributed by atoms with Gasteiger partial charge in [0.2, 0.25) is 0 Å². The molecule has 1 aromatic heterocycles. The third-order valence-electron chi connectivity index (χ3n) is 5.81. The predicted molar refractivity (Wildman–Crippen MR) is 138 cm³/mol. The van der Waals surface area contributed by atoms with Crippen LogP contribution in [-0.4, -0.2) is 27.8 Å². The Morgan fingerprint density at radius 3 is 1.90 bits per heavy atom. The third-order valence-corrected chi connectivity index (χ3v) is 6.79. The molecule has 204 valence electrons. The standard InChI is InChI=1S/C28H23F6N3OS/c1-2-37-24(19-11-7-4-8-12-19)23(18-9-5-3-6-10-18)36-26(37)39-14-13-35-25(38)20-15-21(27(29,30)31)17-22(16-20)28(32,33)34/h3-12,15-17H,2,13-14H2,1H3,(H,35,38). The average Bonchev–Trinajstić information content (AvgIpc) is 3.29. The highest BCUT2D eigenvalue weighted by molar-refractivity contribution is 7.99. The fraction of sp³-hybridized carbons (Fsp3) is 0.214. The van der Waals surface area contributed by atoms with E-state index in [1.807, 2.05) is 72.2 Å². The summed E-state index contributed by atoms with van der Waals surface area (Å²) in [5, 5.41) is 3.09. The van der Waals surface area contributed by atoms with Gasteiger partial charge in [0, 0.05) is 35.5 Å². The summed E-state index contributed by atoms with van der Waals surface area (Å²) in [7, 11) is 0. The molecule has 4 nitrogen and oxygen atoms in total. The molecule has 0 saturated heterocycles. The van der Waals surface area contributed by atoms with E-state index in [1.54, 1.807) is 0 Å². The minimum absolute atomic E-state index is 0.000981. The summed E-state index contributed by atoms with van der Waals surface area (Å²) in [5.74, 6) is -0.739. The Hall–Kier alpha value is -3.73. The van der Waals surface area contributed by atoms with Crippen molar-refractivity contribution in [2.24, 2.45) is 0 Å². The monoisotopic (exact) mass is 563 g/mol. The highest BCUT2D eigenvalue weighted by Gasteiger charge is 2.37. The van der Waals surface area contributed by atoms with Gasteiger partial charge in [-0.05, 0) is 25.1 Å². The molecule has 0 saturated carbocycles. The van der Waals surface area contributed by atoms with Crippen molar-refractivity contribution in [3.8, 4) is 22.5 Å². The summed E-state index contributed by atoms with van der Waals surface area (Å²) in [6, 6.07) is 20.2. The van der Waals surface area contributed by atoms with Crippen LogP contribution in [0.3, 0.4) is 0 Å². The molecule has 0 unspecified atom stereocenters. The number of benzene rings is 3. The number of alkyl halides is 6. The number of carbonyl (C=O) groups excluding carboxylic acids is 1. The smallest absolute Gasteiger partial charge is 0.351 e. The largest absolute Gasteiger partial charge is 0.416 e. The molecular formula is C28H23F6N3OS. The second-order valence-electron chi connectivity index (χ2n) is 8.47. The number of nitrogens with zero attached hydrogens (tertiary/aromatic N) is 2. The molecule has 3 aromatic carbocycles. The molecule has 39 heavy (non-hydrogen) atoms. The van der Waals surface area contributed by atoms with Crippen molar-refractivity contribution in [3.63, 3.8) is 0 Å². The second-order valence-corrected chi connectivity index (χ2v) is 9.53.